The van der Waals surface area contributed by atoms with Crippen LogP contribution in [0.1, 0.15) is 38.8 Å². The lowest BCUT2D eigenvalue weighted by Gasteiger charge is -2.14. The number of carbonyl (C=O) groups is 2. The zero-order chi connectivity index (χ0) is 15.9. The molecule has 0 saturated carbocycles. The van der Waals surface area contributed by atoms with Crippen LogP contribution in [0, 0.1) is 6.92 Å². The van der Waals surface area contributed by atoms with Crippen molar-refractivity contribution in [2.24, 2.45) is 5.16 Å². The van der Waals surface area contributed by atoms with E-state index >= 15 is 0 Å². The van der Waals surface area contributed by atoms with Crippen LogP contribution in [0.15, 0.2) is 47.6 Å². The monoisotopic (exact) mass is 294 g/mol. The molecule has 0 radical (unpaired) electrons. The molecular weight excluding hydrogens is 280 g/mol. The molecule has 0 unspecified atom stereocenters. The summed E-state index contributed by atoms with van der Waals surface area (Å²) >= 11 is 0. The predicted molar refractivity (Wildman–Crippen MR) is 82.8 cm³/mol. The van der Waals surface area contributed by atoms with Gasteiger partial charge in [0, 0.05) is 0 Å². The second kappa shape index (κ2) is 5.11. The van der Waals surface area contributed by atoms with E-state index in [0.717, 1.165) is 11.1 Å². The van der Waals surface area contributed by atoms with Gasteiger partial charge in [0.1, 0.15) is 0 Å². The number of hydrogen-bond acceptors (Lipinski definition) is 4. The highest BCUT2D eigenvalue weighted by Crippen LogP contribution is 2.29. The van der Waals surface area contributed by atoms with Crippen LogP contribution in [0.3, 0.4) is 0 Å². The number of hydrogen-bond donors (Lipinski definition) is 1. The number of rotatable bonds is 2. The molecule has 0 saturated heterocycles. The Bertz CT molecular complexity index is 807. The maximum atomic E-state index is 12.5. The minimum Gasteiger partial charge on any atom is -0.411 e. The Morgan fingerprint density at radius 2 is 1.64 bits per heavy atom. The highest BCUT2D eigenvalue weighted by molar-refractivity contribution is 6.34. The van der Waals surface area contributed by atoms with E-state index in [9.17, 15) is 9.59 Å². The molecule has 0 aliphatic carbocycles. The van der Waals surface area contributed by atoms with Crippen LogP contribution >= 0.6 is 0 Å². The Balaban J connectivity index is 2.00. The van der Waals surface area contributed by atoms with Gasteiger partial charge in [0.15, 0.2) is 0 Å². The topological polar surface area (TPSA) is 70.0 Å². The van der Waals surface area contributed by atoms with Crippen molar-refractivity contribution in [3.8, 4) is 0 Å². The summed E-state index contributed by atoms with van der Waals surface area (Å²) in [5.74, 6) is -0.635. The fourth-order valence-electron chi connectivity index (χ4n) is 2.50. The standard InChI is InChI=1S/C17H14N2O3/c1-10-3-8-14-15(9-10)17(21)19(16(14)20)13-6-4-12(5-7-13)11(2)18-22/h3-9,22H,1-2H3/b18-11+. The van der Waals surface area contributed by atoms with Crippen molar-refractivity contribution in [3.05, 3.63) is 64.7 Å². The average Bonchev–Trinajstić information content (AvgIpc) is 2.78. The molecule has 1 N–H and O–H groups in total. The van der Waals surface area contributed by atoms with Crippen molar-refractivity contribution >= 4 is 23.2 Å². The lowest BCUT2D eigenvalue weighted by Crippen LogP contribution is -2.29. The molecule has 5 heteroatoms. The van der Waals surface area contributed by atoms with Crippen molar-refractivity contribution < 1.29 is 14.8 Å². The smallest absolute Gasteiger partial charge is 0.266 e. The molecular formula is C17H14N2O3. The summed E-state index contributed by atoms with van der Waals surface area (Å²) < 4.78 is 0. The molecule has 0 fully saturated rings. The van der Waals surface area contributed by atoms with E-state index in [2.05, 4.69) is 5.16 Å². The normalized spacial score (nSPS) is 14.5. The summed E-state index contributed by atoms with van der Waals surface area (Å²) in [6.07, 6.45) is 0. The van der Waals surface area contributed by atoms with E-state index in [0.29, 0.717) is 22.5 Å². The van der Waals surface area contributed by atoms with Crippen LogP contribution in [0.4, 0.5) is 5.69 Å². The van der Waals surface area contributed by atoms with Crippen LogP contribution in [-0.4, -0.2) is 22.7 Å². The van der Waals surface area contributed by atoms with Gasteiger partial charge in [-0.3, -0.25) is 9.59 Å². The molecule has 1 aliphatic heterocycles. The van der Waals surface area contributed by atoms with Gasteiger partial charge >= 0.3 is 0 Å². The molecule has 2 aromatic rings. The first-order valence-electron chi connectivity index (χ1n) is 6.81. The first-order valence-corrected chi connectivity index (χ1v) is 6.81. The maximum absolute atomic E-state index is 12.5. The number of amides is 2. The van der Waals surface area contributed by atoms with E-state index in [1.807, 2.05) is 13.0 Å². The zero-order valence-corrected chi connectivity index (χ0v) is 12.2. The number of aryl methyl sites for hydroxylation is 1. The van der Waals surface area contributed by atoms with Gasteiger partial charge < -0.3 is 5.21 Å². The number of oxime groups is 1. The Labute approximate surface area is 127 Å². The van der Waals surface area contributed by atoms with E-state index in [1.54, 1.807) is 43.3 Å². The summed E-state index contributed by atoms with van der Waals surface area (Å²) in [6.45, 7) is 3.55. The first kappa shape index (κ1) is 14.0. The molecule has 2 aromatic carbocycles. The minimum absolute atomic E-state index is 0.316. The lowest BCUT2D eigenvalue weighted by molar-refractivity contribution is 0.0926. The van der Waals surface area contributed by atoms with E-state index in [4.69, 9.17) is 5.21 Å². The van der Waals surface area contributed by atoms with Gasteiger partial charge in [0.05, 0.1) is 22.5 Å². The van der Waals surface area contributed by atoms with Gasteiger partial charge in [-0.15, -0.1) is 0 Å². The van der Waals surface area contributed by atoms with Crippen molar-refractivity contribution in [3.63, 3.8) is 0 Å². The molecule has 22 heavy (non-hydrogen) atoms. The molecule has 1 heterocycles. The van der Waals surface area contributed by atoms with Gasteiger partial charge in [-0.2, -0.15) is 0 Å². The van der Waals surface area contributed by atoms with E-state index in [-0.39, 0.29) is 11.8 Å². The Kier molecular flexibility index (Phi) is 3.25. The second-order valence-electron chi connectivity index (χ2n) is 5.23. The number of nitrogens with zero attached hydrogens (tertiary/aromatic N) is 2. The summed E-state index contributed by atoms with van der Waals surface area (Å²) in [4.78, 5) is 26.1. The van der Waals surface area contributed by atoms with Crippen LogP contribution in [0.2, 0.25) is 0 Å². The predicted octanol–water partition coefficient (Wildman–Crippen LogP) is 2.99. The SMILES string of the molecule is C/C(=N\O)c1ccc(N2C(=O)c3ccc(C)cc3C2=O)cc1. The summed E-state index contributed by atoms with van der Waals surface area (Å²) in [5, 5.41) is 11.9. The molecule has 110 valence electrons. The van der Waals surface area contributed by atoms with Crippen LogP contribution in [-0.2, 0) is 0 Å². The number of carbonyl (C=O) groups excluding carboxylic acids is 2. The van der Waals surface area contributed by atoms with Gasteiger partial charge in [-0.05, 0) is 43.7 Å². The lowest BCUT2D eigenvalue weighted by atomic mass is 10.1. The zero-order valence-electron chi connectivity index (χ0n) is 12.2. The van der Waals surface area contributed by atoms with Crippen LogP contribution in [0.5, 0.6) is 0 Å². The Hall–Kier alpha value is -2.95. The number of anilines is 1. The molecule has 0 aromatic heterocycles. The third-order valence-corrected chi connectivity index (χ3v) is 3.74. The Morgan fingerprint density at radius 3 is 2.27 bits per heavy atom. The molecule has 2 amide bonds. The Morgan fingerprint density at radius 1 is 1.00 bits per heavy atom. The maximum Gasteiger partial charge on any atom is 0.266 e. The quantitative estimate of drug-likeness (QED) is 0.400. The van der Waals surface area contributed by atoms with Gasteiger partial charge in [-0.1, -0.05) is 28.9 Å². The van der Waals surface area contributed by atoms with Gasteiger partial charge in [0.2, 0.25) is 0 Å². The van der Waals surface area contributed by atoms with E-state index in [1.165, 1.54) is 4.90 Å². The van der Waals surface area contributed by atoms with Crippen molar-refractivity contribution in [1.82, 2.24) is 0 Å². The highest BCUT2D eigenvalue weighted by atomic mass is 16.4. The number of benzene rings is 2. The van der Waals surface area contributed by atoms with Crippen LogP contribution in [0.25, 0.3) is 0 Å². The first-order chi connectivity index (χ1) is 10.5. The number of imide groups is 1. The molecule has 3 rings (SSSR count). The number of fused-ring (bicyclic) bond motifs is 1. The van der Waals surface area contributed by atoms with E-state index < -0.39 is 0 Å². The highest BCUT2D eigenvalue weighted by Gasteiger charge is 2.36. The van der Waals surface area contributed by atoms with Crippen molar-refractivity contribution in [2.75, 3.05) is 4.90 Å². The largest absolute Gasteiger partial charge is 0.411 e. The minimum atomic E-state index is -0.319. The molecule has 5 nitrogen and oxygen atoms in total. The molecule has 0 atom stereocenters. The van der Waals surface area contributed by atoms with Crippen molar-refractivity contribution in [1.29, 1.82) is 0 Å². The molecule has 1 aliphatic rings. The average molecular weight is 294 g/mol. The summed E-state index contributed by atoms with van der Waals surface area (Å²) in [7, 11) is 0. The fraction of sp³-hybridized carbons (Fsp3) is 0.118. The molecule has 0 spiro atoms. The van der Waals surface area contributed by atoms with Gasteiger partial charge in [-0.25, -0.2) is 4.90 Å². The van der Waals surface area contributed by atoms with Gasteiger partial charge in [0.25, 0.3) is 11.8 Å². The second-order valence-corrected chi connectivity index (χ2v) is 5.23. The summed E-state index contributed by atoms with van der Waals surface area (Å²) in [6, 6.07) is 12.0. The third-order valence-electron chi connectivity index (χ3n) is 3.74. The third kappa shape index (κ3) is 2.07. The fourth-order valence-corrected chi connectivity index (χ4v) is 2.50. The summed E-state index contributed by atoms with van der Waals surface area (Å²) in [5.41, 5.74) is 3.48. The van der Waals surface area contributed by atoms with Crippen molar-refractivity contribution in [2.45, 2.75) is 13.8 Å². The molecule has 0 bridgehead atoms. The van der Waals surface area contributed by atoms with Crippen LogP contribution < -0.4 is 4.90 Å².